The number of nitrogens with zero attached hydrogens (tertiary/aromatic N) is 5. The van der Waals surface area contributed by atoms with Crippen molar-refractivity contribution in [2.24, 2.45) is 0 Å². The molecule has 2 heterocycles. The first-order valence-electron chi connectivity index (χ1n) is 16.2. The average molecular weight is 639 g/mol. The van der Waals surface area contributed by atoms with Gasteiger partial charge < -0.3 is 19.5 Å². The Kier molecular flexibility index (Phi) is 11.7. The summed E-state index contributed by atoms with van der Waals surface area (Å²) in [6.45, 7) is 8.16. The van der Waals surface area contributed by atoms with Crippen LogP contribution in [-0.4, -0.2) is 66.7 Å². The first-order valence-corrected chi connectivity index (χ1v) is 16.6. The maximum atomic E-state index is 13.4. The highest BCUT2D eigenvalue weighted by Crippen LogP contribution is 2.29. The van der Waals surface area contributed by atoms with Crippen LogP contribution in [-0.2, 0) is 13.0 Å². The zero-order valence-electron chi connectivity index (χ0n) is 26.8. The van der Waals surface area contributed by atoms with E-state index in [1.54, 1.807) is 7.11 Å². The third-order valence-electron chi connectivity index (χ3n) is 8.61. The number of hydrogen-bond donors (Lipinski definition) is 1. The second-order valence-electron chi connectivity index (χ2n) is 11.7. The van der Waals surface area contributed by atoms with E-state index in [1.165, 1.54) is 0 Å². The van der Waals surface area contributed by atoms with Crippen molar-refractivity contribution in [3.63, 3.8) is 0 Å². The monoisotopic (exact) mass is 638 g/mol. The number of methoxy groups -OCH3 is 1. The Morgan fingerprint density at radius 2 is 1.72 bits per heavy atom. The van der Waals surface area contributed by atoms with Gasteiger partial charge in [0.15, 0.2) is 5.15 Å². The molecule has 0 saturated carbocycles. The summed E-state index contributed by atoms with van der Waals surface area (Å²) in [5.41, 5.74) is 5.13. The quantitative estimate of drug-likeness (QED) is 0.153. The van der Waals surface area contributed by atoms with Gasteiger partial charge in [0, 0.05) is 45.7 Å². The molecular weight excluding hydrogens is 596 g/mol. The summed E-state index contributed by atoms with van der Waals surface area (Å²) in [5, 5.41) is 12.9. The highest BCUT2D eigenvalue weighted by molar-refractivity contribution is 6.32. The smallest absolute Gasteiger partial charge is 0.271 e. The minimum Gasteiger partial charge on any atom is -0.495 e. The second-order valence-corrected chi connectivity index (χ2v) is 12.0. The van der Waals surface area contributed by atoms with Crippen LogP contribution in [0.15, 0.2) is 72.8 Å². The lowest BCUT2D eigenvalue weighted by atomic mass is 9.99. The van der Waals surface area contributed by atoms with Crippen LogP contribution >= 0.6 is 11.6 Å². The predicted octanol–water partition coefficient (Wildman–Crippen LogP) is 6.81. The number of amides is 1. The van der Waals surface area contributed by atoms with Gasteiger partial charge in [0.05, 0.1) is 24.4 Å². The maximum absolute atomic E-state index is 13.4. The van der Waals surface area contributed by atoms with E-state index in [9.17, 15) is 10.1 Å². The number of benzene rings is 3. The maximum Gasteiger partial charge on any atom is 0.271 e. The molecule has 0 aliphatic carbocycles. The first-order chi connectivity index (χ1) is 22.5. The molecule has 8 nitrogen and oxygen atoms in total. The normalized spacial score (nSPS) is 13.4. The van der Waals surface area contributed by atoms with E-state index in [1.807, 2.05) is 65.2 Å². The van der Waals surface area contributed by atoms with Gasteiger partial charge in [-0.25, -0.2) is 4.98 Å². The minimum absolute atomic E-state index is 0.190. The van der Waals surface area contributed by atoms with Gasteiger partial charge in [0.2, 0.25) is 0 Å². The number of piperazine rings is 1. The van der Waals surface area contributed by atoms with E-state index >= 15 is 0 Å². The van der Waals surface area contributed by atoms with Crippen molar-refractivity contribution in [1.82, 2.24) is 19.8 Å². The molecule has 1 aromatic heterocycles. The molecule has 0 unspecified atom stereocenters. The van der Waals surface area contributed by atoms with Crippen molar-refractivity contribution < 1.29 is 9.53 Å². The number of carbonyl (C=O) groups is 1. The summed E-state index contributed by atoms with van der Waals surface area (Å²) in [7, 11) is 1.72. The number of imidazole rings is 1. The summed E-state index contributed by atoms with van der Waals surface area (Å²) in [6, 6.07) is 26.2. The molecule has 4 aromatic rings. The summed E-state index contributed by atoms with van der Waals surface area (Å²) >= 11 is 6.60. The van der Waals surface area contributed by atoms with Gasteiger partial charge in [-0.2, -0.15) is 5.26 Å². The van der Waals surface area contributed by atoms with Crippen LogP contribution < -0.4 is 15.0 Å². The van der Waals surface area contributed by atoms with Gasteiger partial charge in [-0.3, -0.25) is 9.69 Å². The SMILES string of the molecule is CCCCc1nc(Cl)c(C(=O)NCCCCN2CCN(c3ccccc3OC)CC2)n1Cc1ccc(-c2ccccc2C#N)cc1. The molecule has 1 fully saturated rings. The number of hydrogen-bond acceptors (Lipinski definition) is 6. The van der Waals surface area contributed by atoms with Crippen molar-refractivity contribution in [1.29, 1.82) is 5.26 Å². The fraction of sp³-hybridized carbons (Fsp3) is 0.378. The third-order valence-corrected chi connectivity index (χ3v) is 8.87. The van der Waals surface area contributed by atoms with E-state index < -0.39 is 0 Å². The Bertz CT molecular complexity index is 1640. The first kappa shape index (κ1) is 33.1. The second kappa shape index (κ2) is 16.3. The van der Waals surface area contributed by atoms with Crippen LogP contribution in [0.25, 0.3) is 11.1 Å². The summed E-state index contributed by atoms with van der Waals surface area (Å²) < 4.78 is 7.51. The van der Waals surface area contributed by atoms with Gasteiger partial charge in [0.25, 0.3) is 5.91 Å². The Morgan fingerprint density at radius 3 is 2.46 bits per heavy atom. The Morgan fingerprint density at radius 1 is 0.978 bits per heavy atom. The van der Waals surface area contributed by atoms with Crippen molar-refractivity contribution in [2.75, 3.05) is 51.3 Å². The number of aromatic nitrogens is 2. The number of unbranched alkanes of at least 4 members (excludes halogenated alkanes) is 2. The third kappa shape index (κ3) is 8.09. The van der Waals surface area contributed by atoms with Crippen LogP contribution in [0.4, 0.5) is 5.69 Å². The van der Waals surface area contributed by atoms with E-state index in [4.69, 9.17) is 16.3 Å². The van der Waals surface area contributed by atoms with Crippen molar-refractivity contribution >= 4 is 23.2 Å². The van der Waals surface area contributed by atoms with E-state index in [2.05, 4.69) is 45.2 Å². The number of carbonyl (C=O) groups excluding carboxylic acids is 1. The molecule has 1 aliphatic heterocycles. The zero-order chi connectivity index (χ0) is 32.3. The van der Waals surface area contributed by atoms with E-state index in [-0.39, 0.29) is 11.1 Å². The number of halogens is 1. The van der Waals surface area contributed by atoms with Crippen molar-refractivity contribution in [3.8, 4) is 22.9 Å². The molecule has 46 heavy (non-hydrogen) atoms. The average Bonchev–Trinajstić information content (AvgIpc) is 3.41. The molecule has 1 aliphatic rings. The number of rotatable bonds is 14. The van der Waals surface area contributed by atoms with Gasteiger partial charge >= 0.3 is 0 Å². The number of anilines is 1. The molecule has 1 N–H and O–H groups in total. The van der Waals surface area contributed by atoms with Crippen molar-refractivity contribution in [2.45, 2.75) is 45.6 Å². The standard InChI is InChI=1S/C37H43ClN6O2/c1-3-4-15-34-41-36(38)35(44(34)27-28-16-18-29(19-17-28)31-12-6-5-11-30(31)26-39)37(45)40-20-9-10-21-42-22-24-43(25-23-42)32-13-7-8-14-33(32)46-2/h5-8,11-14,16-19H,3-4,9-10,15,20-25,27H2,1-2H3,(H,40,45). The topological polar surface area (TPSA) is 86.4 Å². The summed E-state index contributed by atoms with van der Waals surface area (Å²) in [6.07, 6.45) is 4.63. The molecular formula is C37H43ClN6O2. The van der Waals surface area contributed by atoms with Gasteiger partial charge in [-0.15, -0.1) is 0 Å². The number of aryl methyl sites for hydroxylation is 1. The van der Waals surface area contributed by atoms with Crippen LogP contribution in [0.2, 0.25) is 5.15 Å². The molecule has 240 valence electrons. The molecule has 0 atom stereocenters. The number of nitrogens with one attached hydrogen (secondary N) is 1. The summed E-state index contributed by atoms with van der Waals surface area (Å²) in [4.78, 5) is 22.9. The molecule has 1 amide bonds. The molecule has 5 rings (SSSR count). The number of nitriles is 1. The summed E-state index contributed by atoms with van der Waals surface area (Å²) in [5.74, 6) is 1.55. The van der Waals surface area contributed by atoms with Crippen LogP contribution in [0.5, 0.6) is 5.75 Å². The molecule has 1 saturated heterocycles. The fourth-order valence-corrected chi connectivity index (χ4v) is 6.32. The fourth-order valence-electron chi connectivity index (χ4n) is 6.03. The Labute approximate surface area is 277 Å². The lowest BCUT2D eigenvalue weighted by Gasteiger charge is -2.36. The lowest BCUT2D eigenvalue weighted by Crippen LogP contribution is -2.46. The Balaban J connectivity index is 1.15. The van der Waals surface area contributed by atoms with Crippen LogP contribution in [0.3, 0.4) is 0 Å². The van der Waals surface area contributed by atoms with Crippen LogP contribution in [0.1, 0.15) is 60.0 Å². The van der Waals surface area contributed by atoms with Gasteiger partial charge in [0.1, 0.15) is 17.3 Å². The molecule has 9 heteroatoms. The van der Waals surface area contributed by atoms with E-state index in [0.29, 0.717) is 24.3 Å². The lowest BCUT2D eigenvalue weighted by molar-refractivity contribution is 0.0943. The highest BCUT2D eigenvalue weighted by atomic mass is 35.5. The van der Waals surface area contributed by atoms with Crippen LogP contribution in [0, 0.1) is 11.3 Å². The molecule has 0 spiro atoms. The molecule has 0 radical (unpaired) electrons. The van der Waals surface area contributed by atoms with Crippen molar-refractivity contribution in [3.05, 3.63) is 101 Å². The van der Waals surface area contributed by atoms with Gasteiger partial charge in [-0.1, -0.05) is 79.5 Å². The highest BCUT2D eigenvalue weighted by Gasteiger charge is 2.23. The minimum atomic E-state index is -0.190. The molecule has 0 bridgehead atoms. The predicted molar refractivity (Wildman–Crippen MR) is 185 cm³/mol. The van der Waals surface area contributed by atoms with Gasteiger partial charge in [-0.05, 0) is 60.7 Å². The number of para-hydroxylation sites is 2. The zero-order valence-corrected chi connectivity index (χ0v) is 27.6. The largest absolute Gasteiger partial charge is 0.495 e. The Hall–Kier alpha value is -4.32. The molecule has 3 aromatic carbocycles. The van der Waals surface area contributed by atoms with E-state index in [0.717, 1.165) is 98.8 Å². The number of ether oxygens (including phenoxy) is 1.